The van der Waals surface area contributed by atoms with Crippen LogP contribution < -0.4 is 11.1 Å². The first kappa shape index (κ1) is 15.0. The number of nitrogens with one attached hydrogen (secondary N) is 1. The topological polar surface area (TPSA) is 84.7 Å². The number of ether oxygens (including phenoxy) is 1. The van der Waals surface area contributed by atoms with Gasteiger partial charge in [0.05, 0.1) is 16.4 Å². The summed E-state index contributed by atoms with van der Waals surface area (Å²) in [5.41, 5.74) is 5.18. The number of rotatable bonds is 6. The molecule has 20 heavy (non-hydrogen) atoms. The molecule has 110 valence electrons. The number of thiophene rings is 1. The molecule has 1 fully saturated rings. The van der Waals surface area contributed by atoms with Crippen LogP contribution in [0.15, 0.2) is 12.1 Å². The van der Waals surface area contributed by atoms with E-state index in [0.29, 0.717) is 16.4 Å². The van der Waals surface area contributed by atoms with E-state index in [9.17, 15) is 9.59 Å². The highest BCUT2D eigenvalue weighted by Gasteiger charge is 2.24. The molecule has 0 saturated carbocycles. The Kier molecular flexibility index (Phi) is 5.11. The quantitative estimate of drug-likeness (QED) is 0.791. The van der Waals surface area contributed by atoms with Gasteiger partial charge in [0, 0.05) is 32.8 Å². The Labute approximate surface area is 121 Å². The molecule has 0 spiro atoms. The van der Waals surface area contributed by atoms with E-state index in [2.05, 4.69) is 10.2 Å². The van der Waals surface area contributed by atoms with Crippen LogP contribution >= 0.6 is 11.3 Å². The van der Waals surface area contributed by atoms with E-state index in [4.69, 9.17) is 10.5 Å². The lowest BCUT2D eigenvalue weighted by molar-refractivity contribution is 0.0940. The predicted octanol–water partition coefficient (Wildman–Crippen LogP) is 0.297. The highest BCUT2D eigenvalue weighted by atomic mass is 32.1. The third-order valence-corrected chi connectivity index (χ3v) is 4.39. The molecule has 7 heteroatoms. The van der Waals surface area contributed by atoms with Crippen LogP contribution in [0.4, 0.5) is 0 Å². The summed E-state index contributed by atoms with van der Waals surface area (Å²) in [6.07, 6.45) is 0.934. The van der Waals surface area contributed by atoms with Crippen molar-refractivity contribution >= 4 is 23.2 Å². The number of carbonyl (C=O) groups is 2. The minimum atomic E-state index is -0.499. The van der Waals surface area contributed by atoms with Crippen molar-refractivity contribution in [3.05, 3.63) is 21.9 Å². The Balaban J connectivity index is 1.84. The maximum Gasteiger partial charge on any atom is 0.261 e. The SMILES string of the molecule is COCCN1CCC(NC(=O)c2ccc(C(N)=O)s2)C1. The summed E-state index contributed by atoms with van der Waals surface area (Å²) in [7, 11) is 1.68. The molecule has 0 radical (unpaired) electrons. The largest absolute Gasteiger partial charge is 0.383 e. The molecule has 1 aliphatic rings. The zero-order valence-electron chi connectivity index (χ0n) is 11.4. The maximum absolute atomic E-state index is 12.1. The lowest BCUT2D eigenvalue weighted by Gasteiger charge is -2.15. The normalized spacial score (nSPS) is 19.1. The molecule has 3 N–H and O–H groups in total. The van der Waals surface area contributed by atoms with Crippen LogP contribution in [0.1, 0.15) is 25.8 Å². The van der Waals surface area contributed by atoms with Gasteiger partial charge in [0.2, 0.25) is 0 Å². The molecule has 0 bridgehead atoms. The Hall–Kier alpha value is -1.44. The Morgan fingerprint density at radius 2 is 2.25 bits per heavy atom. The van der Waals surface area contributed by atoms with E-state index >= 15 is 0 Å². The number of likely N-dealkylation sites (tertiary alicyclic amines) is 1. The minimum Gasteiger partial charge on any atom is -0.383 e. The van der Waals surface area contributed by atoms with Crippen molar-refractivity contribution in [3.63, 3.8) is 0 Å². The fourth-order valence-electron chi connectivity index (χ4n) is 2.22. The van der Waals surface area contributed by atoms with Gasteiger partial charge in [-0.1, -0.05) is 0 Å². The van der Waals surface area contributed by atoms with E-state index in [0.717, 1.165) is 37.4 Å². The van der Waals surface area contributed by atoms with E-state index in [1.165, 1.54) is 0 Å². The number of primary amides is 1. The second-order valence-electron chi connectivity index (χ2n) is 4.78. The van der Waals surface area contributed by atoms with Crippen molar-refractivity contribution in [3.8, 4) is 0 Å². The Bertz CT molecular complexity index is 489. The van der Waals surface area contributed by atoms with Crippen LogP contribution in [0.5, 0.6) is 0 Å². The fraction of sp³-hybridized carbons (Fsp3) is 0.538. The number of carbonyl (C=O) groups excluding carboxylic acids is 2. The molecular weight excluding hydrogens is 278 g/mol. The summed E-state index contributed by atoms with van der Waals surface area (Å²) in [4.78, 5) is 26.3. The number of hydrogen-bond donors (Lipinski definition) is 2. The summed E-state index contributed by atoms with van der Waals surface area (Å²) in [6.45, 7) is 3.38. The summed E-state index contributed by atoms with van der Waals surface area (Å²) < 4.78 is 5.04. The second-order valence-corrected chi connectivity index (χ2v) is 5.86. The summed E-state index contributed by atoms with van der Waals surface area (Å²) >= 11 is 1.13. The lowest BCUT2D eigenvalue weighted by Crippen LogP contribution is -2.37. The van der Waals surface area contributed by atoms with Crippen LogP contribution in [0.3, 0.4) is 0 Å². The zero-order chi connectivity index (χ0) is 14.5. The van der Waals surface area contributed by atoms with Crippen LogP contribution in [-0.4, -0.2) is 56.1 Å². The molecule has 2 heterocycles. The Morgan fingerprint density at radius 1 is 1.50 bits per heavy atom. The molecule has 1 aromatic heterocycles. The van der Waals surface area contributed by atoms with Gasteiger partial charge in [-0.25, -0.2) is 0 Å². The van der Waals surface area contributed by atoms with Crippen LogP contribution in [-0.2, 0) is 4.74 Å². The number of methoxy groups -OCH3 is 1. The third kappa shape index (κ3) is 3.78. The molecule has 6 nitrogen and oxygen atoms in total. The van der Waals surface area contributed by atoms with E-state index in [1.54, 1.807) is 19.2 Å². The highest BCUT2D eigenvalue weighted by Crippen LogP contribution is 2.17. The van der Waals surface area contributed by atoms with Crippen molar-refractivity contribution in [1.82, 2.24) is 10.2 Å². The minimum absolute atomic E-state index is 0.138. The second kappa shape index (κ2) is 6.83. The molecule has 0 aliphatic carbocycles. The van der Waals surface area contributed by atoms with Gasteiger partial charge in [-0.3, -0.25) is 14.5 Å². The fourth-order valence-corrected chi connectivity index (χ4v) is 2.98. The lowest BCUT2D eigenvalue weighted by atomic mass is 10.2. The third-order valence-electron chi connectivity index (χ3n) is 3.29. The molecule has 2 amide bonds. The van der Waals surface area contributed by atoms with E-state index < -0.39 is 5.91 Å². The van der Waals surface area contributed by atoms with Crippen molar-refractivity contribution in [2.75, 3.05) is 33.4 Å². The number of hydrogen-bond acceptors (Lipinski definition) is 5. The van der Waals surface area contributed by atoms with Crippen LogP contribution in [0, 0.1) is 0 Å². The number of nitrogens with zero attached hydrogens (tertiary/aromatic N) is 1. The van der Waals surface area contributed by atoms with Crippen molar-refractivity contribution in [1.29, 1.82) is 0 Å². The first-order valence-corrected chi connectivity index (χ1v) is 7.33. The van der Waals surface area contributed by atoms with Crippen LogP contribution in [0.25, 0.3) is 0 Å². The zero-order valence-corrected chi connectivity index (χ0v) is 12.2. The van der Waals surface area contributed by atoms with Crippen molar-refractivity contribution in [2.24, 2.45) is 5.73 Å². The van der Waals surface area contributed by atoms with Gasteiger partial charge in [-0.2, -0.15) is 0 Å². The first-order chi connectivity index (χ1) is 9.60. The van der Waals surface area contributed by atoms with Gasteiger partial charge in [-0.05, 0) is 18.6 Å². The summed E-state index contributed by atoms with van der Waals surface area (Å²) in [5.74, 6) is -0.637. The van der Waals surface area contributed by atoms with Gasteiger partial charge in [0.25, 0.3) is 11.8 Å². The summed E-state index contributed by atoms with van der Waals surface area (Å²) in [5, 5.41) is 2.99. The highest BCUT2D eigenvalue weighted by molar-refractivity contribution is 7.15. The molecule has 1 aliphatic heterocycles. The van der Waals surface area contributed by atoms with Gasteiger partial charge in [-0.15, -0.1) is 11.3 Å². The molecule has 1 aromatic rings. The van der Waals surface area contributed by atoms with E-state index in [-0.39, 0.29) is 11.9 Å². The molecule has 0 aromatic carbocycles. The maximum atomic E-state index is 12.1. The first-order valence-electron chi connectivity index (χ1n) is 6.52. The number of nitrogens with two attached hydrogens (primary N) is 1. The molecule has 1 saturated heterocycles. The van der Waals surface area contributed by atoms with Crippen LogP contribution in [0.2, 0.25) is 0 Å². The van der Waals surface area contributed by atoms with E-state index in [1.807, 2.05) is 0 Å². The monoisotopic (exact) mass is 297 g/mol. The standard InChI is InChI=1S/C13H19N3O3S/c1-19-7-6-16-5-4-9(8-16)15-13(18)11-3-2-10(20-11)12(14)17/h2-3,9H,4-8H2,1H3,(H2,14,17)(H,15,18). The van der Waals surface area contributed by atoms with Crippen molar-refractivity contribution in [2.45, 2.75) is 12.5 Å². The smallest absolute Gasteiger partial charge is 0.261 e. The van der Waals surface area contributed by atoms with Gasteiger partial charge >= 0.3 is 0 Å². The van der Waals surface area contributed by atoms with Gasteiger partial charge < -0.3 is 15.8 Å². The van der Waals surface area contributed by atoms with Gasteiger partial charge in [0.1, 0.15) is 0 Å². The molecular formula is C13H19N3O3S. The average molecular weight is 297 g/mol. The van der Waals surface area contributed by atoms with Gasteiger partial charge in [0.15, 0.2) is 0 Å². The Morgan fingerprint density at radius 3 is 2.90 bits per heavy atom. The molecule has 2 rings (SSSR count). The van der Waals surface area contributed by atoms with Crippen molar-refractivity contribution < 1.29 is 14.3 Å². The molecule has 1 unspecified atom stereocenters. The summed E-state index contributed by atoms with van der Waals surface area (Å²) in [6, 6.07) is 3.37. The average Bonchev–Trinajstić information content (AvgIpc) is 3.05. The number of amides is 2. The predicted molar refractivity (Wildman–Crippen MR) is 77.0 cm³/mol. The molecule has 1 atom stereocenters.